The summed E-state index contributed by atoms with van der Waals surface area (Å²) in [5, 5.41) is 0. The molecule has 0 saturated heterocycles. The van der Waals surface area contributed by atoms with Crippen LogP contribution in [0.3, 0.4) is 0 Å². The average Bonchev–Trinajstić information content (AvgIpc) is 2.68. The van der Waals surface area contributed by atoms with E-state index in [0.717, 1.165) is 41.2 Å². The highest BCUT2D eigenvalue weighted by atomic mass is 19.1. The van der Waals surface area contributed by atoms with Gasteiger partial charge in [-0.05, 0) is 29.8 Å². The molecule has 0 aliphatic carbocycles. The van der Waals surface area contributed by atoms with Crippen LogP contribution in [0.2, 0.25) is 0 Å². The Labute approximate surface area is 145 Å². The summed E-state index contributed by atoms with van der Waals surface area (Å²) < 4.78 is 13.1. The zero-order valence-electron chi connectivity index (χ0n) is 13.7. The van der Waals surface area contributed by atoms with E-state index in [2.05, 4.69) is 26.4 Å². The van der Waals surface area contributed by atoms with Gasteiger partial charge in [-0.3, -0.25) is 4.98 Å². The predicted octanol–water partition coefficient (Wildman–Crippen LogP) is 3.71. The summed E-state index contributed by atoms with van der Waals surface area (Å²) in [7, 11) is 0. The molecule has 3 aromatic rings. The fraction of sp³-hybridized carbons (Fsp3) is 0.150. The van der Waals surface area contributed by atoms with E-state index < -0.39 is 0 Å². The topological polar surface area (TPSA) is 41.9 Å². The fourth-order valence-electron chi connectivity index (χ4n) is 2.99. The van der Waals surface area contributed by atoms with Crippen molar-refractivity contribution in [2.45, 2.75) is 13.0 Å². The van der Waals surface area contributed by atoms with Crippen molar-refractivity contribution in [1.29, 1.82) is 0 Å². The Morgan fingerprint density at radius 1 is 1.08 bits per heavy atom. The van der Waals surface area contributed by atoms with Crippen molar-refractivity contribution in [2.24, 2.45) is 0 Å². The van der Waals surface area contributed by atoms with Gasteiger partial charge < -0.3 is 4.90 Å². The first-order valence-corrected chi connectivity index (χ1v) is 8.17. The van der Waals surface area contributed by atoms with E-state index in [9.17, 15) is 4.39 Å². The van der Waals surface area contributed by atoms with Crippen LogP contribution >= 0.6 is 0 Å². The summed E-state index contributed by atoms with van der Waals surface area (Å²) in [5.41, 5.74) is 4.74. The molecule has 0 spiro atoms. The molecule has 0 unspecified atom stereocenters. The third-order valence-corrected chi connectivity index (χ3v) is 4.39. The van der Waals surface area contributed by atoms with Crippen LogP contribution in [-0.4, -0.2) is 26.4 Å². The molecule has 0 saturated carbocycles. The molecular formula is C20H17FN4. The number of halogens is 1. The highest BCUT2D eigenvalue weighted by Crippen LogP contribution is 2.26. The van der Waals surface area contributed by atoms with Crippen molar-refractivity contribution in [3.8, 4) is 11.5 Å². The highest BCUT2D eigenvalue weighted by Gasteiger charge is 2.20. The first-order valence-electron chi connectivity index (χ1n) is 8.17. The van der Waals surface area contributed by atoms with E-state index in [1.54, 1.807) is 18.3 Å². The van der Waals surface area contributed by atoms with Gasteiger partial charge in [0.2, 0.25) is 0 Å². The lowest BCUT2D eigenvalue weighted by Gasteiger charge is -2.31. The molecule has 124 valence electrons. The number of pyridine rings is 1. The first-order chi connectivity index (χ1) is 12.2. The van der Waals surface area contributed by atoms with Gasteiger partial charge in [0.05, 0.1) is 5.69 Å². The van der Waals surface area contributed by atoms with Crippen LogP contribution in [0.15, 0.2) is 61.4 Å². The quantitative estimate of drug-likeness (QED) is 0.733. The number of benzene rings is 1. The Balaban J connectivity index is 1.55. The van der Waals surface area contributed by atoms with Crippen molar-refractivity contribution in [3.05, 3.63) is 84.1 Å². The van der Waals surface area contributed by atoms with Gasteiger partial charge in [-0.1, -0.05) is 24.8 Å². The van der Waals surface area contributed by atoms with Gasteiger partial charge in [-0.2, -0.15) is 0 Å². The average molecular weight is 332 g/mol. The van der Waals surface area contributed by atoms with E-state index >= 15 is 0 Å². The van der Waals surface area contributed by atoms with E-state index in [1.807, 2.05) is 24.4 Å². The zero-order valence-corrected chi connectivity index (χ0v) is 13.7. The summed E-state index contributed by atoms with van der Waals surface area (Å²) in [6.45, 7) is 5.69. The van der Waals surface area contributed by atoms with Crippen molar-refractivity contribution in [2.75, 3.05) is 6.54 Å². The Morgan fingerprint density at radius 2 is 1.92 bits per heavy atom. The highest BCUT2D eigenvalue weighted by molar-refractivity contribution is 5.62. The fourth-order valence-corrected chi connectivity index (χ4v) is 2.99. The van der Waals surface area contributed by atoms with E-state index in [4.69, 9.17) is 0 Å². The van der Waals surface area contributed by atoms with Crippen LogP contribution in [0.5, 0.6) is 0 Å². The number of rotatable bonds is 3. The summed E-state index contributed by atoms with van der Waals surface area (Å²) in [5.74, 6) is 0.418. The Morgan fingerprint density at radius 3 is 2.68 bits per heavy atom. The zero-order chi connectivity index (χ0) is 17.2. The standard InChI is InChI=1S/C20H17FN4/c1-14(15-5-7-17(21)8-6-15)25-11-9-18-16(13-25)12-23-20(24-18)19-4-2-3-10-22-19/h2-8,10,12H,1,9,11,13H2. The van der Waals surface area contributed by atoms with Crippen LogP contribution in [0.4, 0.5) is 4.39 Å². The molecular weight excluding hydrogens is 315 g/mol. The third-order valence-electron chi connectivity index (χ3n) is 4.39. The summed E-state index contributed by atoms with van der Waals surface area (Å²) in [6, 6.07) is 12.1. The van der Waals surface area contributed by atoms with E-state index in [1.165, 1.54) is 12.1 Å². The van der Waals surface area contributed by atoms with Crippen molar-refractivity contribution in [3.63, 3.8) is 0 Å². The molecule has 25 heavy (non-hydrogen) atoms. The maximum absolute atomic E-state index is 13.1. The number of hydrogen-bond acceptors (Lipinski definition) is 4. The van der Waals surface area contributed by atoms with Gasteiger partial charge in [-0.25, -0.2) is 14.4 Å². The second-order valence-electron chi connectivity index (χ2n) is 6.01. The first kappa shape index (κ1) is 15.4. The molecule has 0 fully saturated rings. The maximum Gasteiger partial charge on any atom is 0.178 e. The second kappa shape index (κ2) is 6.43. The van der Waals surface area contributed by atoms with Gasteiger partial charge in [0.15, 0.2) is 5.82 Å². The van der Waals surface area contributed by atoms with Crippen LogP contribution in [0, 0.1) is 5.82 Å². The molecule has 4 rings (SSSR count). The van der Waals surface area contributed by atoms with Gasteiger partial charge >= 0.3 is 0 Å². The maximum atomic E-state index is 13.1. The molecule has 0 amide bonds. The third kappa shape index (κ3) is 3.13. The largest absolute Gasteiger partial charge is 0.367 e. The van der Waals surface area contributed by atoms with E-state index in [0.29, 0.717) is 12.4 Å². The van der Waals surface area contributed by atoms with Crippen molar-refractivity contribution >= 4 is 5.70 Å². The second-order valence-corrected chi connectivity index (χ2v) is 6.01. The normalized spacial score (nSPS) is 13.4. The lowest BCUT2D eigenvalue weighted by molar-refractivity contribution is 0.369. The number of nitrogens with zero attached hydrogens (tertiary/aromatic N) is 4. The minimum absolute atomic E-state index is 0.240. The van der Waals surface area contributed by atoms with Crippen LogP contribution < -0.4 is 0 Å². The molecule has 1 aliphatic heterocycles. The van der Waals surface area contributed by atoms with Gasteiger partial charge in [0.25, 0.3) is 0 Å². The molecule has 1 aromatic carbocycles. The number of aromatic nitrogens is 3. The molecule has 4 nitrogen and oxygen atoms in total. The van der Waals surface area contributed by atoms with Crippen LogP contribution in [0.1, 0.15) is 16.8 Å². The molecule has 0 N–H and O–H groups in total. The Hall–Kier alpha value is -3.08. The van der Waals surface area contributed by atoms with Crippen LogP contribution in [0.25, 0.3) is 17.2 Å². The van der Waals surface area contributed by atoms with Crippen molar-refractivity contribution < 1.29 is 4.39 Å². The van der Waals surface area contributed by atoms with Crippen molar-refractivity contribution in [1.82, 2.24) is 19.9 Å². The molecule has 2 aromatic heterocycles. The molecule has 3 heterocycles. The van der Waals surface area contributed by atoms with E-state index in [-0.39, 0.29) is 5.82 Å². The van der Waals surface area contributed by atoms with Gasteiger partial charge in [-0.15, -0.1) is 0 Å². The molecule has 1 aliphatic rings. The molecule has 0 atom stereocenters. The predicted molar refractivity (Wildman–Crippen MR) is 94.8 cm³/mol. The lowest BCUT2D eigenvalue weighted by Crippen LogP contribution is -2.29. The summed E-state index contributed by atoms with van der Waals surface area (Å²) in [6.07, 6.45) is 4.43. The minimum Gasteiger partial charge on any atom is -0.367 e. The smallest absolute Gasteiger partial charge is 0.178 e. The van der Waals surface area contributed by atoms with Gasteiger partial charge in [0.1, 0.15) is 11.5 Å². The summed E-state index contributed by atoms with van der Waals surface area (Å²) >= 11 is 0. The molecule has 0 bridgehead atoms. The SMILES string of the molecule is C=C(c1ccc(F)cc1)N1CCc2nc(-c3ccccn3)ncc2C1. The number of hydrogen-bond donors (Lipinski definition) is 0. The van der Waals surface area contributed by atoms with Crippen LogP contribution in [-0.2, 0) is 13.0 Å². The molecule has 0 radical (unpaired) electrons. The minimum atomic E-state index is -0.240. The van der Waals surface area contributed by atoms with Gasteiger partial charge in [0, 0.05) is 43.2 Å². The monoisotopic (exact) mass is 332 g/mol. The number of fused-ring (bicyclic) bond motifs is 1. The lowest BCUT2D eigenvalue weighted by atomic mass is 10.0. The molecule has 5 heteroatoms. The Bertz CT molecular complexity index is 907. The Kier molecular flexibility index (Phi) is 3.98. The summed E-state index contributed by atoms with van der Waals surface area (Å²) in [4.78, 5) is 15.6.